The number of ether oxygens (including phenoxy) is 1. The van der Waals surface area contributed by atoms with Crippen LogP contribution in [0.4, 0.5) is 0 Å². The van der Waals surface area contributed by atoms with Gasteiger partial charge in [-0.1, -0.05) is 71.2 Å². The molecule has 0 aliphatic rings. The van der Waals surface area contributed by atoms with Crippen molar-refractivity contribution >= 4 is 55.1 Å². The van der Waals surface area contributed by atoms with E-state index in [9.17, 15) is 0 Å². The molecule has 0 saturated heterocycles. The first-order valence-electron chi connectivity index (χ1n) is 6.98. The maximum absolute atomic E-state index is 6.10. The molecule has 20 heavy (non-hydrogen) atoms. The number of halogens is 4. The summed E-state index contributed by atoms with van der Waals surface area (Å²) in [5.74, 6) is 0.664. The van der Waals surface area contributed by atoms with Crippen LogP contribution in [-0.4, -0.2) is 11.9 Å². The molecule has 0 heterocycles. The van der Waals surface area contributed by atoms with Crippen molar-refractivity contribution in [3.63, 3.8) is 0 Å². The van der Waals surface area contributed by atoms with Gasteiger partial charge in [0.1, 0.15) is 5.75 Å². The van der Waals surface area contributed by atoms with Crippen LogP contribution in [0.3, 0.4) is 0 Å². The average Bonchev–Trinajstić information content (AvgIpc) is 2.42. The van der Waals surface area contributed by atoms with Crippen molar-refractivity contribution in [2.24, 2.45) is 0 Å². The van der Waals surface area contributed by atoms with E-state index in [1.165, 1.54) is 38.5 Å². The van der Waals surface area contributed by atoms with Crippen molar-refractivity contribution < 1.29 is 4.74 Å². The van der Waals surface area contributed by atoms with Crippen molar-refractivity contribution in [1.29, 1.82) is 0 Å². The lowest BCUT2D eigenvalue weighted by Crippen LogP contribution is -1.98. The minimum absolute atomic E-state index is 0.594. The van der Waals surface area contributed by atoms with Gasteiger partial charge in [0.2, 0.25) is 0 Å². The zero-order valence-corrected chi connectivity index (χ0v) is 16.1. The van der Waals surface area contributed by atoms with E-state index in [2.05, 4.69) is 31.9 Å². The van der Waals surface area contributed by atoms with Crippen molar-refractivity contribution in [2.45, 2.75) is 44.9 Å². The third kappa shape index (κ3) is 7.53. The smallest absolute Gasteiger partial charge is 0.139 e. The third-order valence-corrected chi connectivity index (χ3v) is 5.06. The fourth-order valence-corrected chi connectivity index (χ4v) is 3.12. The summed E-state index contributed by atoms with van der Waals surface area (Å²) in [5.41, 5.74) is 0. The number of alkyl halides is 1. The van der Waals surface area contributed by atoms with Gasteiger partial charge in [-0.15, -0.1) is 0 Å². The number of benzene rings is 1. The van der Waals surface area contributed by atoms with Gasteiger partial charge in [-0.05, 0) is 34.8 Å². The van der Waals surface area contributed by atoms with Gasteiger partial charge >= 0.3 is 0 Å². The highest BCUT2D eigenvalue weighted by atomic mass is 79.9. The minimum Gasteiger partial charge on any atom is -0.492 e. The van der Waals surface area contributed by atoms with E-state index < -0.39 is 0 Å². The second-order valence-corrected chi connectivity index (χ2v) is 7.17. The summed E-state index contributed by atoms with van der Waals surface area (Å²) < 4.78 is 6.47. The SMILES string of the molecule is Clc1cc(OCCCCCCCCCBr)c(Cl)cc1Br. The molecule has 1 aromatic carbocycles. The Balaban J connectivity index is 2.11. The molecule has 0 aliphatic heterocycles. The highest BCUT2D eigenvalue weighted by Crippen LogP contribution is 2.34. The molecule has 1 nitrogen and oxygen atoms in total. The number of unbranched alkanes of at least 4 members (excludes halogenated alkanes) is 6. The van der Waals surface area contributed by atoms with E-state index >= 15 is 0 Å². The highest BCUT2D eigenvalue weighted by molar-refractivity contribution is 9.10. The van der Waals surface area contributed by atoms with E-state index in [0.29, 0.717) is 22.4 Å². The third-order valence-electron chi connectivity index (χ3n) is 3.01. The van der Waals surface area contributed by atoms with Crippen LogP contribution < -0.4 is 4.74 Å². The van der Waals surface area contributed by atoms with E-state index in [-0.39, 0.29) is 0 Å². The van der Waals surface area contributed by atoms with Gasteiger partial charge in [-0.25, -0.2) is 0 Å². The molecule has 0 amide bonds. The Kier molecular flexibility index (Phi) is 10.4. The van der Waals surface area contributed by atoms with Gasteiger partial charge in [0.15, 0.2) is 0 Å². The first-order valence-corrected chi connectivity index (χ1v) is 9.65. The van der Waals surface area contributed by atoms with Crippen LogP contribution in [0.25, 0.3) is 0 Å². The average molecular weight is 447 g/mol. The molecule has 0 spiro atoms. The molecule has 0 fully saturated rings. The van der Waals surface area contributed by atoms with E-state index in [1.807, 2.05) is 0 Å². The molecule has 5 heteroatoms. The predicted octanol–water partition coefficient (Wildman–Crippen LogP) is 7.26. The molecular weight excluding hydrogens is 427 g/mol. The second kappa shape index (κ2) is 11.2. The summed E-state index contributed by atoms with van der Waals surface area (Å²) in [7, 11) is 0. The molecule has 114 valence electrons. The quantitative estimate of drug-likeness (QED) is 0.209. The summed E-state index contributed by atoms with van der Waals surface area (Å²) in [5, 5.41) is 2.34. The molecule has 0 saturated carbocycles. The van der Waals surface area contributed by atoms with Crippen LogP contribution in [-0.2, 0) is 0 Å². The molecule has 0 aromatic heterocycles. The summed E-state index contributed by atoms with van der Waals surface area (Å²) in [4.78, 5) is 0. The monoisotopic (exact) mass is 444 g/mol. The standard InChI is InChI=1S/C15H20Br2Cl2O/c16-8-6-4-2-1-3-5-7-9-20-15-11-13(18)12(17)10-14(15)19/h10-11H,1-9H2. The van der Waals surface area contributed by atoms with Crippen LogP contribution in [0.2, 0.25) is 10.0 Å². The van der Waals surface area contributed by atoms with Crippen molar-refractivity contribution in [1.82, 2.24) is 0 Å². The van der Waals surface area contributed by atoms with E-state index in [4.69, 9.17) is 27.9 Å². The topological polar surface area (TPSA) is 9.23 Å². The normalized spacial score (nSPS) is 10.8. The fourth-order valence-electron chi connectivity index (χ4n) is 1.88. The summed E-state index contributed by atoms with van der Waals surface area (Å²) in [6.45, 7) is 0.694. The lowest BCUT2D eigenvalue weighted by Gasteiger charge is -2.09. The van der Waals surface area contributed by atoms with E-state index in [1.54, 1.807) is 12.1 Å². The Morgan fingerprint density at radius 1 is 0.850 bits per heavy atom. The van der Waals surface area contributed by atoms with Crippen molar-refractivity contribution in [3.05, 3.63) is 26.7 Å². The first kappa shape index (κ1) is 18.6. The number of hydrogen-bond donors (Lipinski definition) is 0. The van der Waals surface area contributed by atoms with Crippen LogP contribution in [0.1, 0.15) is 44.9 Å². The zero-order chi connectivity index (χ0) is 14.8. The largest absolute Gasteiger partial charge is 0.492 e. The fraction of sp³-hybridized carbons (Fsp3) is 0.600. The molecule has 0 atom stereocenters. The van der Waals surface area contributed by atoms with Gasteiger partial charge in [0, 0.05) is 15.9 Å². The first-order chi connectivity index (χ1) is 9.65. The Bertz CT molecular complexity index is 400. The maximum Gasteiger partial charge on any atom is 0.139 e. The molecule has 0 aliphatic carbocycles. The molecule has 0 N–H and O–H groups in total. The van der Waals surface area contributed by atoms with Crippen LogP contribution in [0, 0.1) is 0 Å². The van der Waals surface area contributed by atoms with Gasteiger partial charge in [-0.2, -0.15) is 0 Å². The molecule has 0 radical (unpaired) electrons. The van der Waals surface area contributed by atoms with Gasteiger partial charge in [0.05, 0.1) is 16.7 Å². The Morgan fingerprint density at radius 3 is 2.10 bits per heavy atom. The van der Waals surface area contributed by atoms with Crippen LogP contribution in [0.5, 0.6) is 5.75 Å². The number of rotatable bonds is 10. The van der Waals surface area contributed by atoms with E-state index in [0.717, 1.165) is 16.2 Å². The lowest BCUT2D eigenvalue weighted by atomic mass is 10.1. The second-order valence-electron chi connectivity index (χ2n) is 4.71. The zero-order valence-electron chi connectivity index (χ0n) is 11.4. The Morgan fingerprint density at radius 2 is 1.45 bits per heavy atom. The van der Waals surface area contributed by atoms with Crippen LogP contribution in [0.15, 0.2) is 16.6 Å². The molecule has 0 bridgehead atoms. The van der Waals surface area contributed by atoms with Crippen molar-refractivity contribution in [2.75, 3.05) is 11.9 Å². The summed E-state index contributed by atoms with van der Waals surface area (Å²) in [6.07, 6.45) is 8.80. The molecule has 1 rings (SSSR count). The van der Waals surface area contributed by atoms with Gasteiger partial charge < -0.3 is 4.74 Å². The predicted molar refractivity (Wildman–Crippen MR) is 95.8 cm³/mol. The molecule has 1 aromatic rings. The maximum atomic E-state index is 6.10. The molecule has 0 unspecified atom stereocenters. The highest BCUT2D eigenvalue weighted by Gasteiger charge is 2.06. The van der Waals surface area contributed by atoms with Crippen molar-refractivity contribution in [3.8, 4) is 5.75 Å². The van der Waals surface area contributed by atoms with Crippen LogP contribution >= 0.6 is 55.1 Å². The number of hydrogen-bond acceptors (Lipinski definition) is 1. The van der Waals surface area contributed by atoms with Gasteiger partial charge in [0.25, 0.3) is 0 Å². The minimum atomic E-state index is 0.594. The summed E-state index contributed by atoms with van der Waals surface area (Å²) >= 11 is 18.9. The summed E-state index contributed by atoms with van der Waals surface area (Å²) in [6, 6.07) is 3.53. The van der Waals surface area contributed by atoms with Gasteiger partial charge in [-0.3, -0.25) is 0 Å². The Labute approximate surface area is 148 Å². The lowest BCUT2D eigenvalue weighted by molar-refractivity contribution is 0.304. The Hall–Kier alpha value is 0.560. The molecular formula is C15H20Br2Cl2O.